The summed E-state index contributed by atoms with van der Waals surface area (Å²) in [6.07, 6.45) is -3.08. The molecule has 0 unspecified atom stereocenters. The van der Waals surface area contributed by atoms with Gasteiger partial charge in [0.2, 0.25) is 0 Å². The molecule has 1 aliphatic rings. The van der Waals surface area contributed by atoms with E-state index in [1.54, 1.807) is 12.1 Å². The molecule has 1 fully saturated rings. The molecule has 0 aliphatic carbocycles. The predicted octanol–water partition coefficient (Wildman–Crippen LogP) is 4.37. The molecule has 0 saturated carbocycles. The minimum Gasteiger partial charge on any atom is -0.493 e. The van der Waals surface area contributed by atoms with Crippen molar-refractivity contribution in [3.05, 3.63) is 60.2 Å². The van der Waals surface area contributed by atoms with Gasteiger partial charge in [-0.25, -0.2) is 0 Å². The van der Waals surface area contributed by atoms with Gasteiger partial charge in [0.1, 0.15) is 6.61 Å². The lowest BCUT2D eigenvalue weighted by molar-refractivity contribution is -0.136. The van der Waals surface area contributed by atoms with E-state index in [2.05, 4.69) is 11.9 Å². The van der Waals surface area contributed by atoms with Gasteiger partial charge in [0.05, 0.1) is 31.6 Å². The van der Waals surface area contributed by atoms with Crippen LogP contribution in [0.4, 0.5) is 24.5 Å². The molecule has 0 atom stereocenters. The van der Waals surface area contributed by atoms with E-state index in [1.165, 1.54) is 31.4 Å². The van der Waals surface area contributed by atoms with Crippen LogP contribution in [0, 0.1) is 0 Å². The van der Waals surface area contributed by atoms with Crippen LogP contribution in [-0.2, 0) is 10.9 Å². The molecule has 2 aromatic rings. The molecule has 31 heavy (non-hydrogen) atoms. The van der Waals surface area contributed by atoms with Crippen LogP contribution in [0.1, 0.15) is 15.9 Å². The molecular formula is C22H23F3N2O4. The number of anilines is 2. The third kappa shape index (κ3) is 5.49. The largest absolute Gasteiger partial charge is 0.493 e. The summed E-state index contributed by atoms with van der Waals surface area (Å²) in [6, 6.07) is 8.25. The van der Waals surface area contributed by atoms with Gasteiger partial charge in [-0.05, 0) is 36.4 Å². The van der Waals surface area contributed by atoms with E-state index in [1.807, 2.05) is 4.90 Å². The molecule has 1 heterocycles. The number of benzene rings is 2. The van der Waals surface area contributed by atoms with E-state index >= 15 is 0 Å². The molecule has 0 bridgehead atoms. The third-order valence-electron chi connectivity index (χ3n) is 4.72. The molecule has 1 amide bonds. The van der Waals surface area contributed by atoms with Crippen molar-refractivity contribution in [3.8, 4) is 11.5 Å². The van der Waals surface area contributed by atoms with Crippen LogP contribution in [0.2, 0.25) is 0 Å². The molecule has 0 spiro atoms. The smallest absolute Gasteiger partial charge is 0.418 e. The average molecular weight is 436 g/mol. The number of nitrogens with one attached hydrogen (secondary N) is 1. The molecule has 0 aromatic heterocycles. The lowest BCUT2D eigenvalue weighted by Gasteiger charge is -2.29. The highest BCUT2D eigenvalue weighted by Crippen LogP contribution is 2.38. The van der Waals surface area contributed by atoms with Gasteiger partial charge in [0.15, 0.2) is 11.5 Å². The Morgan fingerprint density at radius 3 is 2.58 bits per heavy atom. The highest BCUT2D eigenvalue weighted by molar-refractivity contribution is 6.05. The SMILES string of the molecule is C=CCOc1ccc(C(=O)Nc2ccc(N3CCOCC3)cc2C(F)(F)F)cc1OC. The van der Waals surface area contributed by atoms with Crippen LogP contribution in [0.5, 0.6) is 11.5 Å². The van der Waals surface area contributed by atoms with E-state index < -0.39 is 17.6 Å². The summed E-state index contributed by atoms with van der Waals surface area (Å²) in [5.41, 5.74) is -0.671. The number of halogens is 3. The van der Waals surface area contributed by atoms with Gasteiger partial charge in [0.25, 0.3) is 5.91 Å². The van der Waals surface area contributed by atoms with E-state index in [9.17, 15) is 18.0 Å². The van der Waals surface area contributed by atoms with Crippen molar-refractivity contribution in [2.75, 3.05) is 50.2 Å². The molecule has 0 radical (unpaired) electrons. The Balaban J connectivity index is 1.85. The monoisotopic (exact) mass is 436 g/mol. The summed E-state index contributed by atoms with van der Waals surface area (Å²) in [7, 11) is 1.41. The van der Waals surface area contributed by atoms with Gasteiger partial charge < -0.3 is 24.4 Å². The average Bonchev–Trinajstić information content (AvgIpc) is 2.77. The molecule has 1 aliphatic heterocycles. The van der Waals surface area contributed by atoms with Gasteiger partial charge in [0, 0.05) is 24.3 Å². The maximum Gasteiger partial charge on any atom is 0.418 e. The summed E-state index contributed by atoms with van der Waals surface area (Å²) < 4.78 is 57.0. The lowest BCUT2D eigenvalue weighted by atomic mass is 10.1. The lowest BCUT2D eigenvalue weighted by Crippen LogP contribution is -2.36. The van der Waals surface area contributed by atoms with Crippen molar-refractivity contribution in [1.29, 1.82) is 0 Å². The highest BCUT2D eigenvalue weighted by atomic mass is 19.4. The van der Waals surface area contributed by atoms with Crippen molar-refractivity contribution in [3.63, 3.8) is 0 Å². The Morgan fingerprint density at radius 2 is 1.94 bits per heavy atom. The van der Waals surface area contributed by atoms with Crippen LogP contribution < -0.4 is 19.7 Å². The number of morpholine rings is 1. The van der Waals surface area contributed by atoms with Gasteiger partial charge in [-0.15, -0.1) is 0 Å². The van der Waals surface area contributed by atoms with E-state index in [0.29, 0.717) is 37.7 Å². The fourth-order valence-electron chi connectivity index (χ4n) is 3.17. The zero-order chi connectivity index (χ0) is 22.4. The summed E-state index contributed by atoms with van der Waals surface area (Å²) in [5, 5.41) is 2.36. The zero-order valence-electron chi connectivity index (χ0n) is 17.0. The molecule has 9 heteroatoms. The first-order valence-electron chi connectivity index (χ1n) is 9.60. The predicted molar refractivity (Wildman–Crippen MR) is 111 cm³/mol. The number of rotatable bonds is 7. The minimum absolute atomic E-state index is 0.133. The third-order valence-corrected chi connectivity index (χ3v) is 4.72. The number of hydrogen-bond acceptors (Lipinski definition) is 5. The summed E-state index contributed by atoms with van der Waals surface area (Å²) in [6.45, 7) is 5.71. The zero-order valence-corrected chi connectivity index (χ0v) is 17.0. The maximum atomic E-state index is 13.7. The topological polar surface area (TPSA) is 60.0 Å². The van der Waals surface area contributed by atoms with Gasteiger partial charge in [-0.1, -0.05) is 12.7 Å². The van der Waals surface area contributed by atoms with Crippen molar-refractivity contribution in [1.82, 2.24) is 0 Å². The van der Waals surface area contributed by atoms with Crippen molar-refractivity contribution in [2.45, 2.75) is 6.18 Å². The fourth-order valence-corrected chi connectivity index (χ4v) is 3.17. The van der Waals surface area contributed by atoms with Crippen LogP contribution in [0.15, 0.2) is 49.1 Å². The standard InChI is InChI=1S/C22H23F3N2O4/c1-3-10-31-19-7-4-15(13-20(19)29-2)21(28)26-18-6-5-16(14-17(18)22(23,24)25)27-8-11-30-12-9-27/h3-7,13-14H,1,8-12H2,2H3,(H,26,28). The second-order valence-electron chi connectivity index (χ2n) is 6.75. The van der Waals surface area contributed by atoms with E-state index in [-0.39, 0.29) is 23.6 Å². The molecule has 3 rings (SSSR count). The fraction of sp³-hybridized carbons (Fsp3) is 0.318. The number of carbonyl (C=O) groups excluding carboxylic acids is 1. The molecule has 2 aromatic carbocycles. The second kappa shape index (κ2) is 9.74. The number of hydrogen-bond donors (Lipinski definition) is 1. The minimum atomic E-state index is -4.63. The molecule has 6 nitrogen and oxygen atoms in total. The number of alkyl halides is 3. The number of amides is 1. The van der Waals surface area contributed by atoms with Crippen molar-refractivity contribution < 1.29 is 32.2 Å². The Hall–Kier alpha value is -3.20. The maximum absolute atomic E-state index is 13.7. The van der Waals surface area contributed by atoms with Crippen LogP contribution in [-0.4, -0.2) is 45.9 Å². The highest BCUT2D eigenvalue weighted by Gasteiger charge is 2.35. The molecule has 1 saturated heterocycles. The van der Waals surface area contributed by atoms with E-state index in [0.717, 1.165) is 6.07 Å². The normalized spacial score (nSPS) is 14.1. The summed E-state index contributed by atoms with van der Waals surface area (Å²) in [5.74, 6) is -0.0174. The van der Waals surface area contributed by atoms with Crippen LogP contribution >= 0.6 is 0 Å². The Morgan fingerprint density at radius 1 is 1.19 bits per heavy atom. The van der Waals surface area contributed by atoms with Gasteiger partial charge >= 0.3 is 6.18 Å². The van der Waals surface area contributed by atoms with Gasteiger partial charge in [-0.2, -0.15) is 13.2 Å². The number of ether oxygens (including phenoxy) is 3. The quantitative estimate of drug-likeness (QED) is 0.654. The van der Waals surface area contributed by atoms with Gasteiger partial charge in [-0.3, -0.25) is 4.79 Å². The number of nitrogens with zero attached hydrogens (tertiary/aromatic N) is 1. The first kappa shape index (κ1) is 22.5. The molecular weight excluding hydrogens is 413 g/mol. The summed E-state index contributed by atoms with van der Waals surface area (Å²) >= 11 is 0. The van der Waals surface area contributed by atoms with Crippen LogP contribution in [0.25, 0.3) is 0 Å². The first-order chi connectivity index (χ1) is 14.8. The molecule has 1 N–H and O–H groups in total. The first-order valence-corrected chi connectivity index (χ1v) is 9.60. The summed E-state index contributed by atoms with van der Waals surface area (Å²) in [4.78, 5) is 14.5. The Labute approximate surface area is 178 Å². The Bertz CT molecular complexity index is 941. The second-order valence-corrected chi connectivity index (χ2v) is 6.75. The number of carbonyl (C=O) groups is 1. The van der Waals surface area contributed by atoms with Crippen molar-refractivity contribution in [2.24, 2.45) is 0 Å². The van der Waals surface area contributed by atoms with E-state index in [4.69, 9.17) is 14.2 Å². The van der Waals surface area contributed by atoms with Crippen LogP contribution in [0.3, 0.4) is 0 Å². The Kier molecular flexibility index (Phi) is 7.06. The number of methoxy groups -OCH3 is 1. The van der Waals surface area contributed by atoms with Crippen molar-refractivity contribution >= 4 is 17.3 Å². The molecule has 166 valence electrons.